The molecule has 0 aliphatic carbocycles. The highest BCUT2D eigenvalue weighted by atomic mass is 35.5. The zero-order valence-corrected chi connectivity index (χ0v) is 20.8. The quantitative estimate of drug-likeness (QED) is 0.342. The van der Waals surface area contributed by atoms with Gasteiger partial charge in [-0.3, -0.25) is 4.79 Å². The summed E-state index contributed by atoms with van der Waals surface area (Å²) in [5, 5.41) is 11.0. The molecule has 0 saturated carbocycles. The maximum absolute atomic E-state index is 13.2. The molecule has 186 valence electrons. The maximum atomic E-state index is 13.2. The Morgan fingerprint density at radius 2 is 2.00 bits per heavy atom. The molecular weight excluding hydrogens is 489 g/mol. The number of benzene rings is 2. The first-order chi connectivity index (χ1) is 17.9. The number of amides is 3. The van der Waals surface area contributed by atoms with Crippen molar-refractivity contribution in [2.45, 2.75) is 12.8 Å². The maximum Gasteiger partial charge on any atom is 0.316 e. The van der Waals surface area contributed by atoms with Crippen LogP contribution in [-0.2, 0) is 0 Å². The monoisotopic (exact) mass is 513 g/mol. The fraction of sp³-hybridized carbons (Fsp3) is 0.231. The predicted molar refractivity (Wildman–Crippen MR) is 146 cm³/mol. The largest absolute Gasteiger partial charge is 0.370 e. The lowest BCUT2D eigenvalue weighted by Gasteiger charge is -2.33. The fourth-order valence-electron chi connectivity index (χ4n) is 4.63. The van der Waals surface area contributed by atoms with Crippen molar-refractivity contribution in [1.82, 2.24) is 19.5 Å². The number of halogens is 1. The smallest absolute Gasteiger partial charge is 0.316 e. The van der Waals surface area contributed by atoms with Gasteiger partial charge >= 0.3 is 6.03 Å². The van der Waals surface area contributed by atoms with Crippen LogP contribution in [-0.4, -0.2) is 58.9 Å². The lowest BCUT2D eigenvalue weighted by atomic mass is 9.97. The third-order valence-corrected chi connectivity index (χ3v) is 6.73. The van der Waals surface area contributed by atoms with Gasteiger partial charge < -0.3 is 21.3 Å². The predicted octanol–water partition coefficient (Wildman–Crippen LogP) is 3.30. The Balaban J connectivity index is 1.32. The van der Waals surface area contributed by atoms with Crippen LogP contribution >= 0.6 is 11.6 Å². The number of hydrogen-bond acceptors (Lipinski definition) is 5. The third kappa shape index (κ3) is 5.39. The average Bonchev–Trinajstić information content (AvgIpc) is 3.27. The van der Waals surface area contributed by atoms with Gasteiger partial charge in [0, 0.05) is 53.7 Å². The number of likely N-dealkylation sites (tertiary alicyclic amines) is 1. The minimum Gasteiger partial charge on any atom is -0.370 e. The molecule has 1 aliphatic heterocycles. The molecule has 1 saturated heterocycles. The first-order valence-corrected chi connectivity index (χ1v) is 12.4. The van der Waals surface area contributed by atoms with Crippen molar-refractivity contribution in [3.63, 3.8) is 0 Å². The Bertz CT molecular complexity index is 1470. The first kappa shape index (κ1) is 24.6. The molecule has 4 aromatic rings. The molecule has 9 nitrogen and oxygen atoms in total. The molecule has 5 rings (SSSR count). The van der Waals surface area contributed by atoms with E-state index >= 15 is 0 Å². The minimum absolute atomic E-state index is 0.0787. The topological polar surface area (TPSA) is 118 Å². The molecule has 2 aromatic carbocycles. The first-order valence-electron chi connectivity index (χ1n) is 12.0. The van der Waals surface area contributed by atoms with Gasteiger partial charge in [0.05, 0.1) is 5.69 Å². The number of carbonyl (C=O) groups is 2. The van der Waals surface area contributed by atoms with E-state index in [1.54, 1.807) is 35.0 Å². The summed E-state index contributed by atoms with van der Waals surface area (Å²) in [6, 6.07) is 15.5. The Morgan fingerprint density at radius 3 is 2.81 bits per heavy atom. The lowest BCUT2D eigenvalue weighted by molar-refractivity contribution is 0.0680. The molecule has 4 N–H and O–H groups in total. The summed E-state index contributed by atoms with van der Waals surface area (Å²) >= 11 is 6.43. The number of carbonyl (C=O) groups excluding carboxylic acids is 2. The summed E-state index contributed by atoms with van der Waals surface area (Å²) in [5.41, 5.74) is 8.71. The third-order valence-electron chi connectivity index (χ3n) is 6.40. The molecule has 3 heterocycles. The molecule has 0 spiro atoms. The SMILES string of the molecule is [B]c1cnn2c(NCC3CCCN(C(=O)c4cccc(NC(N)=O)c4)C3)cc(-c3ccccc3Cl)nc12. The average molecular weight is 514 g/mol. The Morgan fingerprint density at radius 1 is 1.16 bits per heavy atom. The van der Waals surface area contributed by atoms with Crippen LogP contribution in [0.5, 0.6) is 0 Å². The molecule has 37 heavy (non-hydrogen) atoms. The number of fused-ring (bicyclic) bond motifs is 1. The highest BCUT2D eigenvalue weighted by Crippen LogP contribution is 2.29. The van der Waals surface area contributed by atoms with E-state index in [0.29, 0.717) is 52.7 Å². The zero-order valence-electron chi connectivity index (χ0n) is 20.0. The number of piperidine rings is 1. The number of anilines is 2. The molecule has 1 atom stereocenters. The van der Waals surface area contributed by atoms with Crippen molar-refractivity contribution in [2.24, 2.45) is 11.7 Å². The molecule has 11 heteroatoms. The molecule has 3 amide bonds. The normalized spacial score (nSPS) is 15.5. The second kappa shape index (κ2) is 10.5. The van der Waals surface area contributed by atoms with Crippen LogP contribution in [0.1, 0.15) is 23.2 Å². The zero-order chi connectivity index (χ0) is 25.9. The number of urea groups is 1. The van der Waals surface area contributed by atoms with Crippen molar-refractivity contribution < 1.29 is 9.59 Å². The molecule has 1 fully saturated rings. The number of primary amides is 1. The van der Waals surface area contributed by atoms with Crippen molar-refractivity contribution >= 4 is 54.0 Å². The summed E-state index contributed by atoms with van der Waals surface area (Å²) < 4.78 is 1.68. The van der Waals surface area contributed by atoms with E-state index in [-0.39, 0.29) is 11.8 Å². The Kier molecular flexibility index (Phi) is 7.00. The Labute approximate surface area is 220 Å². The van der Waals surface area contributed by atoms with Crippen LogP contribution in [0.25, 0.3) is 16.9 Å². The molecule has 1 aliphatic rings. The van der Waals surface area contributed by atoms with Gasteiger partial charge in [0.15, 0.2) is 5.65 Å². The van der Waals surface area contributed by atoms with Gasteiger partial charge in [-0.2, -0.15) is 9.61 Å². The summed E-state index contributed by atoms with van der Waals surface area (Å²) in [7, 11) is 6.13. The van der Waals surface area contributed by atoms with E-state index in [1.807, 2.05) is 35.2 Å². The van der Waals surface area contributed by atoms with Gasteiger partial charge in [0.1, 0.15) is 13.7 Å². The lowest BCUT2D eigenvalue weighted by Crippen LogP contribution is -2.42. The van der Waals surface area contributed by atoms with Gasteiger partial charge in [-0.1, -0.05) is 35.9 Å². The van der Waals surface area contributed by atoms with Crippen LogP contribution in [0.2, 0.25) is 5.02 Å². The van der Waals surface area contributed by atoms with Crippen LogP contribution in [0, 0.1) is 5.92 Å². The van der Waals surface area contributed by atoms with Crippen LogP contribution < -0.4 is 21.8 Å². The second-order valence-electron chi connectivity index (χ2n) is 9.05. The number of nitrogens with two attached hydrogens (primary N) is 1. The van der Waals surface area contributed by atoms with Gasteiger partial charge in [-0.25, -0.2) is 9.78 Å². The standard InChI is InChI=1S/C26H25BClN7O2/c27-20-14-31-35-23(12-22(33-24(20)35)19-8-1-2-9-21(19)28)30-13-16-5-4-10-34(15-16)25(36)17-6-3-7-18(11-17)32-26(29)37/h1-3,6-9,11-12,14,16,30H,4-5,10,13,15H2,(H3,29,32,37). The van der Waals surface area contributed by atoms with Gasteiger partial charge in [-0.15, -0.1) is 0 Å². The van der Waals surface area contributed by atoms with Gasteiger partial charge in [0.25, 0.3) is 5.91 Å². The van der Waals surface area contributed by atoms with Crippen molar-refractivity contribution in [1.29, 1.82) is 0 Å². The minimum atomic E-state index is -0.671. The van der Waals surface area contributed by atoms with E-state index in [2.05, 4.69) is 20.7 Å². The summed E-state index contributed by atoms with van der Waals surface area (Å²) in [4.78, 5) is 30.9. The fourth-order valence-corrected chi connectivity index (χ4v) is 4.87. The number of rotatable bonds is 6. The number of nitrogens with one attached hydrogen (secondary N) is 2. The summed E-state index contributed by atoms with van der Waals surface area (Å²) in [6.07, 6.45) is 3.45. The second-order valence-corrected chi connectivity index (χ2v) is 9.46. The van der Waals surface area contributed by atoms with E-state index in [9.17, 15) is 9.59 Å². The molecule has 0 bridgehead atoms. The summed E-state index contributed by atoms with van der Waals surface area (Å²) in [5.74, 6) is 0.889. The Hall–Kier alpha value is -4.05. The van der Waals surface area contributed by atoms with Crippen LogP contribution in [0.15, 0.2) is 60.8 Å². The van der Waals surface area contributed by atoms with Gasteiger partial charge in [-0.05, 0) is 48.5 Å². The summed E-state index contributed by atoms with van der Waals surface area (Å²) in [6.45, 7) is 1.91. The van der Waals surface area contributed by atoms with E-state index in [4.69, 9.17) is 25.2 Å². The highest BCUT2D eigenvalue weighted by molar-refractivity contribution is 6.36. The molecule has 1 unspecified atom stereocenters. The molecular formula is C26H25BClN7O2. The van der Waals surface area contributed by atoms with Crippen LogP contribution in [0.3, 0.4) is 0 Å². The van der Waals surface area contributed by atoms with Crippen LogP contribution in [0.4, 0.5) is 16.3 Å². The number of nitrogens with zero attached hydrogens (tertiary/aromatic N) is 4. The van der Waals surface area contributed by atoms with E-state index < -0.39 is 6.03 Å². The van der Waals surface area contributed by atoms with E-state index in [0.717, 1.165) is 24.2 Å². The highest BCUT2D eigenvalue weighted by Gasteiger charge is 2.25. The number of aromatic nitrogens is 3. The van der Waals surface area contributed by atoms with Crippen molar-refractivity contribution in [2.75, 3.05) is 30.3 Å². The van der Waals surface area contributed by atoms with Crippen molar-refractivity contribution in [3.05, 3.63) is 71.4 Å². The molecule has 2 radical (unpaired) electrons. The number of hydrogen-bond donors (Lipinski definition) is 3. The van der Waals surface area contributed by atoms with Crippen molar-refractivity contribution in [3.8, 4) is 11.3 Å². The molecule has 2 aromatic heterocycles. The van der Waals surface area contributed by atoms with Gasteiger partial charge in [0.2, 0.25) is 0 Å². The van der Waals surface area contributed by atoms with E-state index in [1.165, 1.54) is 0 Å².